The number of benzene rings is 1. The fraction of sp³-hybridized carbons (Fsp3) is 0.467. The number of hydrogen-bond acceptors (Lipinski definition) is 0. The SMILES string of the molecule is Fc1cc(F)c(/C=C(/CBr)C2CCCCC2)cc1F. The Hall–Kier alpha value is -0.770. The number of hydrogen-bond donors (Lipinski definition) is 0. The van der Waals surface area contributed by atoms with Crippen LogP contribution in [0.5, 0.6) is 0 Å². The summed E-state index contributed by atoms with van der Waals surface area (Å²) in [4.78, 5) is 0. The van der Waals surface area contributed by atoms with E-state index in [1.54, 1.807) is 6.08 Å². The Morgan fingerprint density at radius 3 is 2.32 bits per heavy atom. The minimum absolute atomic E-state index is 0.124. The molecular formula is C15H16BrF3. The number of halogens is 4. The van der Waals surface area contributed by atoms with E-state index in [0.29, 0.717) is 17.3 Å². The van der Waals surface area contributed by atoms with Gasteiger partial charge in [-0.2, -0.15) is 0 Å². The fourth-order valence-electron chi connectivity index (χ4n) is 2.59. The molecule has 0 N–H and O–H groups in total. The van der Waals surface area contributed by atoms with Crippen molar-refractivity contribution in [1.29, 1.82) is 0 Å². The predicted molar refractivity (Wildman–Crippen MR) is 74.7 cm³/mol. The lowest BCUT2D eigenvalue weighted by Crippen LogP contribution is -2.10. The summed E-state index contributed by atoms with van der Waals surface area (Å²) in [5, 5.41) is 0.635. The molecular weight excluding hydrogens is 317 g/mol. The molecule has 0 bridgehead atoms. The molecule has 1 saturated carbocycles. The standard InChI is InChI=1S/C15H16BrF3/c16-9-12(10-4-2-1-3-5-10)6-11-7-14(18)15(19)8-13(11)17/h6-8,10H,1-5,9H2/b12-6-. The van der Waals surface area contributed by atoms with Gasteiger partial charge in [-0.15, -0.1) is 0 Å². The zero-order valence-electron chi connectivity index (χ0n) is 10.6. The minimum atomic E-state index is -1.15. The van der Waals surface area contributed by atoms with Gasteiger partial charge in [-0.3, -0.25) is 0 Å². The van der Waals surface area contributed by atoms with Crippen LogP contribution in [-0.2, 0) is 0 Å². The molecule has 0 heterocycles. The molecule has 1 aliphatic rings. The first kappa shape index (κ1) is 14.6. The van der Waals surface area contributed by atoms with E-state index in [2.05, 4.69) is 15.9 Å². The summed E-state index contributed by atoms with van der Waals surface area (Å²) in [6, 6.07) is 1.53. The summed E-state index contributed by atoms with van der Waals surface area (Å²) < 4.78 is 39.7. The molecule has 2 rings (SSSR count). The highest BCUT2D eigenvalue weighted by molar-refractivity contribution is 9.09. The van der Waals surface area contributed by atoms with Crippen LogP contribution in [0.1, 0.15) is 37.7 Å². The summed E-state index contributed by atoms with van der Waals surface area (Å²) in [7, 11) is 0. The van der Waals surface area contributed by atoms with Gasteiger partial charge < -0.3 is 0 Å². The van der Waals surface area contributed by atoms with Crippen molar-refractivity contribution in [2.24, 2.45) is 5.92 Å². The summed E-state index contributed by atoms with van der Waals surface area (Å²) in [6.45, 7) is 0. The van der Waals surface area contributed by atoms with Crippen molar-refractivity contribution in [3.05, 3.63) is 40.7 Å². The van der Waals surface area contributed by atoms with Gasteiger partial charge in [0.1, 0.15) is 5.82 Å². The van der Waals surface area contributed by atoms with E-state index in [4.69, 9.17) is 0 Å². The zero-order chi connectivity index (χ0) is 13.8. The predicted octanol–water partition coefficient (Wildman–Crippen LogP) is 5.46. The lowest BCUT2D eigenvalue weighted by molar-refractivity contribution is 0.405. The maximum Gasteiger partial charge on any atom is 0.161 e. The van der Waals surface area contributed by atoms with Crippen LogP contribution in [0.4, 0.5) is 13.2 Å². The van der Waals surface area contributed by atoms with E-state index < -0.39 is 17.5 Å². The highest BCUT2D eigenvalue weighted by Crippen LogP contribution is 2.32. The van der Waals surface area contributed by atoms with Gasteiger partial charge in [0.25, 0.3) is 0 Å². The largest absolute Gasteiger partial charge is 0.206 e. The van der Waals surface area contributed by atoms with Gasteiger partial charge in [-0.1, -0.05) is 46.8 Å². The average Bonchev–Trinajstić information content (AvgIpc) is 2.42. The summed E-state index contributed by atoms with van der Waals surface area (Å²) in [5.41, 5.74) is 1.18. The lowest BCUT2D eigenvalue weighted by atomic mass is 9.84. The van der Waals surface area contributed by atoms with Crippen LogP contribution in [0.15, 0.2) is 17.7 Å². The molecule has 0 amide bonds. The third-order valence-electron chi connectivity index (χ3n) is 3.66. The molecule has 0 atom stereocenters. The number of rotatable bonds is 3. The Bertz CT molecular complexity index is 477. The first-order valence-electron chi connectivity index (χ1n) is 6.52. The Kier molecular flexibility index (Phi) is 5.08. The highest BCUT2D eigenvalue weighted by atomic mass is 79.9. The Morgan fingerprint density at radius 1 is 1.05 bits per heavy atom. The van der Waals surface area contributed by atoms with E-state index in [0.717, 1.165) is 24.5 Å². The Labute approximate surface area is 119 Å². The van der Waals surface area contributed by atoms with Gasteiger partial charge in [0.15, 0.2) is 11.6 Å². The lowest BCUT2D eigenvalue weighted by Gasteiger charge is -2.23. The Morgan fingerprint density at radius 2 is 1.68 bits per heavy atom. The topological polar surface area (TPSA) is 0 Å². The van der Waals surface area contributed by atoms with Crippen molar-refractivity contribution in [3.8, 4) is 0 Å². The van der Waals surface area contributed by atoms with Crippen LogP contribution >= 0.6 is 15.9 Å². The molecule has 1 aliphatic carbocycles. The van der Waals surface area contributed by atoms with E-state index in [1.807, 2.05) is 0 Å². The van der Waals surface area contributed by atoms with Crippen molar-refractivity contribution in [3.63, 3.8) is 0 Å². The van der Waals surface area contributed by atoms with Crippen LogP contribution in [0.2, 0.25) is 0 Å². The molecule has 4 heteroatoms. The van der Waals surface area contributed by atoms with Crippen LogP contribution in [-0.4, -0.2) is 5.33 Å². The van der Waals surface area contributed by atoms with Crippen LogP contribution < -0.4 is 0 Å². The van der Waals surface area contributed by atoms with Crippen molar-refractivity contribution < 1.29 is 13.2 Å². The quantitative estimate of drug-likeness (QED) is 0.509. The second-order valence-electron chi connectivity index (χ2n) is 4.98. The van der Waals surface area contributed by atoms with Gasteiger partial charge in [0.2, 0.25) is 0 Å². The molecule has 1 aromatic rings. The van der Waals surface area contributed by atoms with Gasteiger partial charge in [0.05, 0.1) is 0 Å². The fourth-order valence-corrected chi connectivity index (χ4v) is 3.21. The second-order valence-corrected chi connectivity index (χ2v) is 5.54. The van der Waals surface area contributed by atoms with Gasteiger partial charge in [-0.05, 0) is 24.8 Å². The van der Waals surface area contributed by atoms with Crippen molar-refractivity contribution >= 4 is 22.0 Å². The van der Waals surface area contributed by atoms with Crippen LogP contribution in [0, 0.1) is 23.4 Å². The van der Waals surface area contributed by atoms with Gasteiger partial charge in [-0.25, -0.2) is 13.2 Å². The van der Waals surface area contributed by atoms with Crippen LogP contribution in [0.3, 0.4) is 0 Å². The summed E-state index contributed by atoms with van der Waals surface area (Å²) in [5.74, 6) is -2.45. The first-order chi connectivity index (χ1) is 9.11. The molecule has 1 aromatic carbocycles. The number of alkyl halides is 1. The van der Waals surface area contributed by atoms with Crippen LogP contribution in [0.25, 0.3) is 6.08 Å². The molecule has 0 radical (unpaired) electrons. The molecule has 0 aromatic heterocycles. The molecule has 0 nitrogen and oxygen atoms in total. The second kappa shape index (κ2) is 6.60. The zero-order valence-corrected chi connectivity index (χ0v) is 12.1. The van der Waals surface area contributed by atoms with E-state index in [9.17, 15) is 13.2 Å². The monoisotopic (exact) mass is 332 g/mol. The van der Waals surface area contributed by atoms with Crippen molar-refractivity contribution in [2.75, 3.05) is 5.33 Å². The average molecular weight is 333 g/mol. The van der Waals surface area contributed by atoms with Gasteiger partial charge >= 0.3 is 0 Å². The molecule has 0 spiro atoms. The Balaban J connectivity index is 2.28. The normalized spacial score (nSPS) is 17.8. The summed E-state index contributed by atoms with van der Waals surface area (Å²) >= 11 is 3.41. The smallest absolute Gasteiger partial charge is 0.161 e. The molecule has 0 unspecified atom stereocenters. The van der Waals surface area contributed by atoms with Crippen molar-refractivity contribution in [1.82, 2.24) is 0 Å². The maximum atomic E-state index is 13.6. The molecule has 1 fully saturated rings. The van der Waals surface area contributed by atoms with Crippen molar-refractivity contribution in [2.45, 2.75) is 32.1 Å². The van der Waals surface area contributed by atoms with E-state index >= 15 is 0 Å². The summed E-state index contributed by atoms with van der Waals surface area (Å²) in [6.07, 6.45) is 7.42. The third kappa shape index (κ3) is 3.62. The first-order valence-corrected chi connectivity index (χ1v) is 7.65. The van der Waals surface area contributed by atoms with E-state index in [1.165, 1.54) is 19.3 Å². The highest BCUT2D eigenvalue weighted by Gasteiger charge is 2.18. The number of allylic oxidation sites excluding steroid dienone is 1. The molecule has 0 aliphatic heterocycles. The third-order valence-corrected chi connectivity index (χ3v) is 4.31. The van der Waals surface area contributed by atoms with E-state index in [-0.39, 0.29) is 5.56 Å². The van der Waals surface area contributed by atoms with Gasteiger partial charge in [0, 0.05) is 17.0 Å². The molecule has 19 heavy (non-hydrogen) atoms. The maximum absolute atomic E-state index is 13.6. The molecule has 0 saturated heterocycles. The molecule has 104 valence electrons. The minimum Gasteiger partial charge on any atom is -0.206 e.